The molecule has 0 bridgehead atoms. The second-order valence-electron chi connectivity index (χ2n) is 4.57. The number of hydrogen-bond acceptors (Lipinski definition) is 3. The van der Waals surface area contributed by atoms with Gasteiger partial charge in [0.2, 0.25) is 5.91 Å². The van der Waals surface area contributed by atoms with E-state index in [1.807, 2.05) is 19.2 Å². The van der Waals surface area contributed by atoms with Crippen LogP contribution in [-0.4, -0.2) is 18.5 Å². The maximum atomic E-state index is 12.9. The van der Waals surface area contributed by atoms with E-state index in [2.05, 4.69) is 5.32 Å². The molecule has 1 aromatic rings. The van der Waals surface area contributed by atoms with Crippen molar-refractivity contribution in [3.8, 4) is 0 Å². The molecule has 0 fully saturated rings. The number of carbonyl (C=O) groups is 2. The number of primary amides is 1. The van der Waals surface area contributed by atoms with Crippen LogP contribution in [0.5, 0.6) is 0 Å². The maximum Gasteiger partial charge on any atom is 0.318 e. The molecule has 1 atom stereocenters. The van der Waals surface area contributed by atoms with Gasteiger partial charge in [0.05, 0.1) is 6.54 Å². The fourth-order valence-corrected chi connectivity index (χ4v) is 1.79. The van der Waals surface area contributed by atoms with Crippen molar-refractivity contribution < 1.29 is 14.0 Å². The lowest BCUT2D eigenvalue weighted by Gasteiger charge is -2.22. The monoisotopic (exact) mass is 267 g/mol. The van der Waals surface area contributed by atoms with E-state index in [1.165, 1.54) is 12.1 Å². The van der Waals surface area contributed by atoms with Crippen LogP contribution in [0.4, 0.5) is 9.18 Å². The van der Waals surface area contributed by atoms with Crippen LogP contribution >= 0.6 is 0 Å². The number of nitrogens with two attached hydrogens (primary N) is 1. The summed E-state index contributed by atoms with van der Waals surface area (Å²) in [5.41, 5.74) is 5.73. The molecule has 104 valence electrons. The number of imide groups is 1. The molecule has 0 aromatic heterocycles. The Morgan fingerprint density at radius 2 is 1.84 bits per heavy atom. The number of urea groups is 1. The Labute approximate surface area is 111 Å². The molecule has 5 nitrogen and oxygen atoms in total. The number of rotatable bonds is 5. The van der Waals surface area contributed by atoms with Crippen LogP contribution in [-0.2, 0) is 4.79 Å². The van der Waals surface area contributed by atoms with E-state index in [4.69, 9.17) is 5.73 Å². The van der Waals surface area contributed by atoms with Gasteiger partial charge >= 0.3 is 6.03 Å². The number of nitrogens with one attached hydrogen (secondary N) is 2. The first-order chi connectivity index (χ1) is 8.90. The third-order valence-corrected chi connectivity index (χ3v) is 2.64. The summed E-state index contributed by atoms with van der Waals surface area (Å²) in [6, 6.07) is 5.08. The highest BCUT2D eigenvalue weighted by molar-refractivity contribution is 5.94. The molecule has 1 rings (SSSR count). The van der Waals surface area contributed by atoms with E-state index in [0.29, 0.717) is 0 Å². The first-order valence-electron chi connectivity index (χ1n) is 5.98. The molecule has 0 aliphatic heterocycles. The van der Waals surface area contributed by atoms with Crippen molar-refractivity contribution in [3.63, 3.8) is 0 Å². The number of halogens is 1. The highest BCUT2D eigenvalue weighted by atomic mass is 19.1. The van der Waals surface area contributed by atoms with Gasteiger partial charge < -0.3 is 11.1 Å². The largest absolute Gasteiger partial charge is 0.351 e. The minimum absolute atomic E-state index is 0.0385. The van der Waals surface area contributed by atoms with E-state index in [9.17, 15) is 14.0 Å². The Morgan fingerprint density at radius 3 is 2.32 bits per heavy atom. The Morgan fingerprint density at radius 1 is 1.26 bits per heavy atom. The smallest absolute Gasteiger partial charge is 0.318 e. The van der Waals surface area contributed by atoms with E-state index in [0.717, 1.165) is 5.56 Å². The topological polar surface area (TPSA) is 84.2 Å². The van der Waals surface area contributed by atoms with Gasteiger partial charge in [0.1, 0.15) is 5.82 Å². The Balaban J connectivity index is 2.66. The molecule has 3 amide bonds. The summed E-state index contributed by atoms with van der Waals surface area (Å²) in [6.45, 7) is 3.92. The van der Waals surface area contributed by atoms with Crippen molar-refractivity contribution >= 4 is 11.9 Å². The molecular weight excluding hydrogens is 249 g/mol. The zero-order valence-corrected chi connectivity index (χ0v) is 10.9. The summed E-state index contributed by atoms with van der Waals surface area (Å²) in [5, 5.41) is 4.99. The molecule has 0 saturated carbocycles. The standard InChI is InChI=1S/C13H18FN3O2/c1-8(2)12(9-3-5-10(14)6-4-9)16-7-11(18)17-13(15)19/h3-6,8,12,16H,7H2,1-2H3,(H3,15,17,18,19)/t12-/m1/s1. The number of benzene rings is 1. The summed E-state index contributed by atoms with van der Waals surface area (Å²) in [7, 11) is 0. The Hall–Kier alpha value is -1.95. The molecule has 0 radical (unpaired) electrons. The van der Waals surface area contributed by atoms with Gasteiger partial charge in [-0.1, -0.05) is 26.0 Å². The van der Waals surface area contributed by atoms with Crippen LogP contribution in [0.3, 0.4) is 0 Å². The van der Waals surface area contributed by atoms with Crippen molar-refractivity contribution in [2.24, 2.45) is 11.7 Å². The van der Waals surface area contributed by atoms with Gasteiger partial charge in [-0.05, 0) is 23.6 Å². The van der Waals surface area contributed by atoms with E-state index >= 15 is 0 Å². The number of hydrogen-bond donors (Lipinski definition) is 3. The molecule has 19 heavy (non-hydrogen) atoms. The van der Waals surface area contributed by atoms with Crippen LogP contribution in [0.15, 0.2) is 24.3 Å². The van der Waals surface area contributed by atoms with Crippen molar-refractivity contribution in [1.82, 2.24) is 10.6 Å². The highest BCUT2D eigenvalue weighted by Gasteiger charge is 2.16. The molecule has 4 N–H and O–H groups in total. The predicted molar refractivity (Wildman–Crippen MR) is 69.7 cm³/mol. The van der Waals surface area contributed by atoms with Crippen LogP contribution in [0.2, 0.25) is 0 Å². The van der Waals surface area contributed by atoms with Crippen LogP contribution in [0, 0.1) is 11.7 Å². The SMILES string of the molecule is CC(C)[C@@H](NCC(=O)NC(N)=O)c1ccc(F)cc1. The Bertz CT molecular complexity index is 446. The molecule has 0 unspecified atom stereocenters. The van der Waals surface area contributed by atoms with Crippen LogP contribution < -0.4 is 16.4 Å². The Kier molecular flexibility index (Phi) is 5.44. The number of carbonyl (C=O) groups excluding carboxylic acids is 2. The van der Waals surface area contributed by atoms with Gasteiger partial charge in [0.25, 0.3) is 0 Å². The molecule has 6 heteroatoms. The fourth-order valence-electron chi connectivity index (χ4n) is 1.79. The lowest BCUT2D eigenvalue weighted by molar-refractivity contribution is -0.119. The summed E-state index contributed by atoms with van der Waals surface area (Å²) in [5.74, 6) is -0.607. The van der Waals surface area contributed by atoms with Gasteiger partial charge in [0.15, 0.2) is 0 Å². The van der Waals surface area contributed by atoms with Gasteiger partial charge in [-0.2, -0.15) is 0 Å². The van der Waals surface area contributed by atoms with Crippen LogP contribution in [0.25, 0.3) is 0 Å². The lowest BCUT2D eigenvalue weighted by Crippen LogP contribution is -2.42. The summed E-state index contributed by atoms with van der Waals surface area (Å²) in [6.07, 6.45) is 0. The molecule has 0 saturated heterocycles. The minimum Gasteiger partial charge on any atom is -0.351 e. The van der Waals surface area contributed by atoms with Crippen LogP contribution in [0.1, 0.15) is 25.5 Å². The minimum atomic E-state index is -0.880. The zero-order chi connectivity index (χ0) is 14.4. The van der Waals surface area contributed by atoms with Crippen molar-refractivity contribution in [1.29, 1.82) is 0 Å². The maximum absolute atomic E-state index is 12.9. The second-order valence-corrected chi connectivity index (χ2v) is 4.57. The fraction of sp³-hybridized carbons (Fsp3) is 0.385. The molecule has 0 spiro atoms. The average molecular weight is 267 g/mol. The zero-order valence-electron chi connectivity index (χ0n) is 10.9. The molecular formula is C13H18FN3O2. The summed E-state index contributed by atoms with van der Waals surface area (Å²) < 4.78 is 12.9. The van der Waals surface area contributed by atoms with Gasteiger partial charge in [-0.15, -0.1) is 0 Å². The normalized spacial score (nSPS) is 12.2. The van der Waals surface area contributed by atoms with E-state index < -0.39 is 11.9 Å². The van der Waals surface area contributed by atoms with Crippen molar-refractivity contribution in [3.05, 3.63) is 35.6 Å². The van der Waals surface area contributed by atoms with Gasteiger partial charge in [-0.3, -0.25) is 10.1 Å². The average Bonchev–Trinajstić information content (AvgIpc) is 2.30. The van der Waals surface area contributed by atoms with E-state index in [1.54, 1.807) is 12.1 Å². The van der Waals surface area contributed by atoms with Gasteiger partial charge in [-0.25, -0.2) is 9.18 Å². The quantitative estimate of drug-likeness (QED) is 0.752. The first kappa shape index (κ1) is 15.1. The van der Waals surface area contributed by atoms with E-state index in [-0.39, 0.29) is 24.3 Å². The third-order valence-electron chi connectivity index (χ3n) is 2.64. The molecule has 0 heterocycles. The second kappa shape index (κ2) is 6.84. The highest BCUT2D eigenvalue weighted by Crippen LogP contribution is 2.21. The first-order valence-corrected chi connectivity index (χ1v) is 5.98. The lowest BCUT2D eigenvalue weighted by atomic mass is 9.96. The third kappa shape index (κ3) is 5.05. The summed E-state index contributed by atoms with van der Waals surface area (Å²) >= 11 is 0. The predicted octanol–water partition coefficient (Wildman–Crippen LogP) is 1.31. The molecule has 0 aliphatic rings. The summed E-state index contributed by atoms with van der Waals surface area (Å²) in [4.78, 5) is 21.8. The molecule has 1 aromatic carbocycles. The number of amides is 3. The van der Waals surface area contributed by atoms with Gasteiger partial charge in [0, 0.05) is 6.04 Å². The van der Waals surface area contributed by atoms with Crippen molar-refractivity contribution in [2.45, 2.75) is 19.9 Å². The van der Waals surface area contributed by atoms with Crippen molar-refractivity contribution in [2.75, 3.05) is 6.54 Å². The molecule has 0 aliphatic carbocycles.